The van der Waals surface area contributed by atoms with Gasteiger partial charge < -0.3 is 4.74 Å². The fraction of sp³-hybridized carbons (Fsp3) is 0.786. The van der Waals surface area contributed by atoms with Gasteiger partial charge in [0.05, 0.1) is 22.3 Å². The van der Waals surface area contributed by atoms with Crippen LogP contribution in [0.15, 0.2) is 5.38 Å². The highest BCUT2D eigenvalue weighted by atomic mass is 32.1. The Morgan fingerprint density at radius 3 is 3.00 bits per heavy atom. The molecule has 1 aromatic heterocycles. The smallest absolute Gasteiger partial charge is 0.0897 e. The van der Waals surface area contributed by atoms with E-state index in [1.165, 1.54) is 12.8 Å². The Kier molecular flexibility index (Phi) is 4.95. The molecule has 1 aliphatic carbocycles. The molecule has 3 N–H and O–H groups in total. The molecule has 5 heteroatoms. The van der Waals surface area contributed by atoms with E-state index in [1.807, 2.05) is 14.0 Å². The topological polar surface area (TPSA) is 60.2 Å². The van der Waals surface area contributed by atoms with E-state index in [-0.39, 0.29) is 11.6 Å². The van der Waals surface area contributed by atoms with Crippen molar-refractivity contribution in [1.82, 2.24) is 10.4 Å². The van der Waals surface area contributed by atoms with Gasteiger partial charge in [-0.25, -0.2) is 4.98 Å². The van der Waals surface area contributed by atoms with Crippen molar-refractivity contribution in [1.29, 1.82) is 0 Å². The summed E-state index contributed by atoms with van der Waals surface area (Å²) in [4.78, 5) is 4.55. The quantitative estimate of drug-likeness (QED) is 0.643. The Labute approximate surface area is 119 Å². The largest absolute Gasteiger partial charge is 0.377 e. The number of rotatable bonds is 5. The molecule has 19 heavy (non-hydrogen) atoms. The first kappa shape index (κ1) is 14.9. The van der Waals surface area contributed by atoms with Crippen LogP contribution >= 0.6 is 11.3 Å². The van der Waals surface area contributed by atoms with Crippen LogP contribution in [0.25, 0.3) is 0 Å². The monoisotopic (exact) mass is 283 g/mol. The molecule has 0 aromatic carbocycles. The average Bonchev–Trinajstić information content (AvgIpc) is 2.81. The van der Waals surface area contributed by atoms with Crippen molar-refractivity contribution in [3.8, 4) is 0 Å². The lowest BCUT2D eigenvalue weighted by Gasteiger charge is -2.44. The maximum Gasteiger partial charge on any atom is 0.0897 e. The van der Waals surface area contributed by atoms with Crippen LogP contribution in [0.5, 0.6) is 0 Å². The lowest BCUT2D eigenvalue weighted by atomic mass is 9.73. The lowest BCUT2D eigenvalue weighted by Crippen LogP contribution is -2.57. The third-order valence-corrected chi connectivity index (χ3v) is 5.14. The first-order valence-electron chi connectivity index (χ1n) is 7.02. The number of hydrazine groups is 1. The number of aromatic nitrogens is 1. The van der Waals surface area contributed by atoms with E-state index in [9.17, 15) is 0 Å². The SMILES string of the molecule is COC1(C(Cc2csc(C)n2)NN)CCCC(C)C1. The van der Waals surface area contributed by atoms with Gasteiger partial charge in [-0.1, -0.05) is 19.8 Å². The molecule has 1 fully saturated rings. The van der Waals surface area contributed by atoms with E-state index < -0.39 is 0 Å². The van der Waals surface area contributed by atoms with Crippen LogP contribution in [-0.2, 0) is 11.2 Å². The zero-order chi connectivity index (χ0) is 13.9. The summed E-state index contributed by atoms with van der Waals surface area (Å²) in [6.07, 6.45) is 5.48. The van der Waals surface area contributed by atoms with Crippen LogP contribution in [-0.4, -0.2) is 23.7 Å². The van der Waals surface area contributed by atoms with E-state index in [0.29, 0.717) is 5.92 Å². The number of hydrogen-bond acceptors (Lipinski definition) is 5. The molecule has 3 atom stereocenters. The van der Waals surface area contributed by atoms with Crippen molar-refractivity contribution in [3.63, 3.8) is 0 Å². The van der Waals surface area contributed by atoms with Gasteiger partial charge >= 0.3 is 0 Å². The van der Waals surface area contributed by atoms with Crippen LogP contribution in [0.1, 0.15) is 43.3 Å². The van der Waals surface area contributed by atoms with Gasteiger partial charge in [-0.2, -0.15) is 0 Å². The molecule has 0 saturated heterocycles. The molecule has 1 aliphatic rings. The van der Waals surface area contributed by atoms with E-state index in [2.05, 4.69) is 22.7 Å². The molecule has 4 nitrogen and oxygen atoms in total. The van der Waals surface area contributed by atoms with Crippen molar-refractivity contribution in [3.05, 3.63) is 16.1 Å². The van der Waals surface area contributed by atoms with Crippen molar-refractivity contribution in [2.24, 2.45) is 11.8 Å². The van der Waals surface area contributed by atoms with Crippen molar-refractivity contribution in [2.75, 3.05) is 7.11 Å². The van der Waals surface area contributed by atoms with Crippen molar-refractivity contribution >= 4 is 11.3 Å². The first-order valence-corrected chi connectivity index (χ1v) is 7.90. The number of nitrogens with zero attached hydrogens (tertiary/aromatic N) is 1. The summed E-state index contributed by atoms with van der Waals surface area (Å²) in [7, 11) is 1.81. The predicted octanol–water partition coefficient (Wildman–Crippen LogP) is 2.42. The molecular weight excluding hydrogens is 258 g/mol. The normalized spacial score (nSPS) is 29.4. The molecule has 0 radical (unpaired) electrons. The summed E-state index contributed by atoms with van der Waals surface area (Å²) in [6, 6.07) is 0.127. The van der Waals surface area contributed by atoms with Crippen molar-refractivity contribution < 1.29 is 4.74 Å². The molecule has 0 bridgehead atoms. The summed E-state index contributed by atoms with van der Waals surface area (Å²) < 4.78 is 5.91. The molecule has 0 spiro atoms. The fourth-order valence-electron chi connectivity index (χ4n) is 3.30. The van der Waals surface area contributed by atoms with Crippen LogP contribution in [0, 0.1) is 12.8 Å². The maximum absolute atomic E-state index is 5.91. The second-order valence-electron chi connectivity index (χ2n) is 5.75. The summed E-state index contributed by atoms with van der Waals surface area (Å²) >= 11 is 1.69. The highest BCUT2D eigenvalue weighted by Gasteiger charge is 2.42. The Morgan fingerprint density at radius 1 is 1.68 bits per heavy atom. The fourth-order valence-corrected chi connectivity index (χ4v) is 3.92. The Balaban J connectivity index is 2.13. The number of thiazole rings is 1. The third-order valence-electron chi connectivity index (χ3n) is 4.31. The van der Waals surface area contributed by atoms with Crippen LogP contribution < -0.4 is 11.3 Å². The molecule has 1 aromatic rings. The van der Waals surface area contributed by atoms with Gasteiger partial charge in [0.25, 0.3) is 0 Å². The van der Waals surface area contributed by atoms with Crippen LogP contribution in [0.3, 0.4) is 0 Å². The van der Waals surface area contributed by atoms with Crippen LogP contribution in [0.4, 0.5) is 0 Å². The predicted molar refractivity (Wildman–Crippen MR) is 79.0 cm³/mol. The zero-order valence-electron chi connectivity index (χ0n) is 12.1. The summed E-state index contributed by atoms with van der Waals surface area (Å²) in [6.45, 7) is 4.33. The number of methoxy groups -OCH3 is 1. The second-order valence-corrected chi connectivity index (χ2v) is 6.81. The molecule has 108 valence electrons. The number of aryl methyl sites for hydroxylation is 1. The van der Waals surface area contributed by atoms with Gasteiger partial charge in [0, 0.05) is 18.9 Å². The molecule has 1 heterocycles. The average molecular weight is 283 g/mol. The van der Waals surface area contributed by atoms with Gasteiger partial charge in [0.15, 0.2) is 0 Å². The Hall–Kier alpha value is -0.490. The zero-order valence-corrected chi connectivity index (χ0v) is 12.9. The van der Waals surface area contributed by atoms with Gasteiger partial charge in [0.2, 0.25) is 0 Å². The highest BCUT2D eigenvalue weighted by molar-refractivity contribution is 7.09. The molecule has 1 saturated carbocycles. The Morgan fingerprint density at radius 2 is 2.47 bits per heavy atom. The van der Waals surface area contributed by atoms with E-state index in [0.717, 1.165) is 30.0 Å². The minimum absolute atomic E-state index is 0.127. The third kappa shape index (κ3) is 3.34. The molecule has 3 unspecified atom stereocenters. The minimum atomic E-state index is -0.149. The van der Waals surface area contributed by atoms with E-state index >= 15 is 0 Å². The summed E-state index contributed by atoms with van der Waals surface area (Å²) in [5.41, 5.74) is 3.94. The number of nitrogens with one attached hydrogen (secondary N) is 1. The number of hydrogen-bond donors (Lipinski definition) is 2. The molecular formula is C14H25N3OS. The minimum Gasteiger partial charge on any atom is -0.377 e. The van der Waals surface area contributed by atoms with Gasteiger partial charge in [-0.05, 0) is 25.7 Å². The van der Waals surface area contributed by atoms with E-state index in [1.54, 1.807) is 11.3 Å². The standard InChI is InChI=1S/C14H25N3OS/c1-10-5-4-6-14(8-10,18-3)13(17-15)7-12-9-19-11(2)16-12/h9-10,13,17H,4-8,15H2,1-3H3. The number of ether oxygens (including phenoxy) is 1. The maximum atomic E-state index is 5.91. The van der Waals surface area contributed by atoms with Gasteiger partial charge in [-0.15, -0.1) is 11.3 Å². The Bertz CT molecular complexity index is 409. The highest BCUT2D eigenvalue weighted by Crippen LogP contribution is 2.38. The summed E-state index contributed by atoms with van der Waals surface area (Å²) in [5.74, 6) is 6.51. The first-order chi connectivity index (χ1) is 9.09. The lowest BCUT2D eigenvalue weighted by molar-refractivity contribution is -0.0792. The van der Waals surface area contributed by atoms with Gasteiger partial charge in [0.1, 0.15) is 0 Å². The molecule has 2 rings (SSSR count). The van der Waals surface area contributed by atoms with Crippen LogP contribution in [0.2, 0.25) is 0 Å². The molecule has 0 aliphatic heterocycles. The van der Waals surface area contributed by atoms with Crippen molar-refractivity contribution in [2.45, 2.75) is 57.6 Å². The van der Waals surface area contributed by atoms with Gasteiger partial charge in [-0.3, -0.25) is 11.3 Å². The second kappa shape index (κ2) is 6.31. The molecule has 0 amide bonds. The number of nitrogens with two attached hydrogens (primary N) is 1. The van der Waals surface area contributed by atoms with E-state index in [4.69, 9.17) is 10.6 Å². The summed E-state index contributed by atoms with van der Waals surface area (Å²) in [5, 5.41) is 3.23.